The lowest BCUT2D eigenvalue weighted by Crippen LogP contribution is -2.48. The van der Waals surface area contributed by atoms with Gasteiger partial charge in [0.25, 0.3) is 0 Å². The molecular weight excluding hydrogens is 288 g/mol. The molecule has 1 unspecified atom stereocenters. The Labute approximate surface area is 140 Å². The third kappa shape index (κ3) is 2.72. The van der Waals surface area contributed by atoms with Crippen molar-refractivity contribution in [2.75, 3.05) is 39.8 Å². The number of nitrogens with zero attached hydrogens (tertiary/aromatic N) is 2. The smallest absolute Gasteiger partial charge is 0.127 e. The zero-order valence-electron chi connectivity index (χ0n) is 15.4. The highest BCUT2D eigenvalue weighted by atomic mass is 16.5. The van der Waals surface area contributed by atoms with E-state index in [1.165, 1.54) is 5.56 Å². The Kier molecular flexibility index (Phi) is 4.09. The lowest BCUT2D eigenvalue weighted by Gasteiger charge is -2.36. The lowest BCUT2D eigenvalue weighted by molar-refractivity contribution is 0.0745. The van der Waals surface area contributed by atoms with Gasteiger partial charge in [-0.05, 0) is 58.4 Å². The highest BCUT2D eigenvalue weighted by Gasteiger charge is 2.44. The highest BCUT2D eigenvalue weighted by molar-refractivity contribution is 5.61. The second-order valence-corrected chi connectivity index (χ2v) is 7.83. The van der Waals surface area contributed by atoms with Gasteiger partial charge in [0, 0.05) is 44.2 Å². The molecule has 2 aliphatic heterocycles. The zero-order valence-corrected chi connectivity index (χ0v) is 15.4. The minimum Gasteiger partial charge on any atom is -0.507 e. The van der Waals surface area contributed by atoms with Crippen molar-refractivity contribution in [3.05, 3.63) is 22.3 Å². The molecule has 4 heteroatoms. The summed E-state index contributed by atoms with van der Waals surface area (Å²) in [4.78, 5) is 4.92. The predicted octanol–water partition coefficient (Wildman–Crippen LogP) is 2.82. The normalized spacial score (nSPS) is 24.5. The van der Waals surface area contributed by atoms with Gasteiger partial charge in [0.15, 0.2) is 0 Å². The van der Waals surface area contributed by atoms with Crippen LogP contribution in [0.15, 0.2) is 0 Å². The Morgan fingerprint density at radius 1 is 1.04 bits per heavy atom. The number of hydrogen-bond acceptors (Lipinski definition) is 4. The first-order valence-electron chi connectivity index (χ1n) is 8.65. The number of fused-ring (bicyclic) bond motifs is 1. The first kappa shape index (κ1) is 16.6. The molecule has 1 aromatic carbocycles. The zero-order chi connectivity index (χ0) is 16.9. The van der Waals surface area contributed by atoms with E-state index in [0.717, 1.165) is 55.2 Å². The Morgan fingerprint density at radius 2 is 1.65 bits per heavy atom. The molecular formula is C19H30N2O2. The molecule has 1 aromatic rings. The van der Waals surface area contributed by atoms with Gasteiger partial charge in [0.2, 0.25) is 0 Å². The van der Waals surface area contributed by atoms with E-state index >= 15 is 0 Å². The average Bonchev–Trinajstić information content (AvgIpc) is 2.77. The maximum absolute atomic E-state index is 10.5. The van der Waals surface area contributed by atoms with Crippen molar-refractivity contribution in [2.45, 2.75) is 46.1 Å². The molecule has 128 valence electrons. The Bertz CT molecular complexity index is 617. The monoisotopic (exact) mass is 318 g/mol. The number of benzene rings is 1. The van der Waals surface area contributed by atoms with Crippen molar-refractivity contribution in [3.8, 4) is 11.5 Å². The van der Waals surface area contributed by atoms with Crippen molar-refractivity contribution in [1.29, 1.82) is 0 Å². The van der Waals surface area contributed by atoms with E-state index in [9.17, 15) is 5.11 Å². The summed E-state index contributed by atoms with van der Waals surface area (Å²) >= 11 is 0. The maximum Gasteiger partial charge on any atom is 0.127 e. The van der Waals surface area contributed by atoms with Gasteiger partial charge in [-0.1, -0.05) is 0 Å². The third-order valence-electron chi connectivity index (χ3n) is 5.85. The molecule has 0 amide bonds. The number of aromatic hydroxyl groups is 1. The highest BCUT2D eigenvalue weighted by Crippen LogP contribution is 2.51. The Morgan fingerprint density at radius 3 is 2.26 bits per heavy atom. The maximum atomic E-state index is 10.5. The molecule has 4 nitrogen and oxygen atoms in total. The summed E-state index contributed by atoms with van der Waals surface area (Å²) in [5.74, 6) is 1.74. The number of hydrogen-bond donors (Lipinski definition) is 1. The number of rotatable bonds is 2. The number of phenolic OH excluding ortho intramolecular Hbond substituents is 1. The van der Waals surface area contributed by atoms with Crippen LogP contribution in [0.5, 0.6) is 11.5 Å². The molecule has 1 atom stereocenters. The SMILES string of the molecule is Cc1c(C)c2c(c(C)c1O)C(CN1CCN(C)CC1)C(C)(C)O2. The minimum absolute atomic E-state index is 0.235. The van der Waals surface area contributed by atoms with Gasteiger partial charge < -0.3 is 19.6 Å². The van der Waals surface area contributed by atoms with Gasteiger partial charge in [0.05, 0.1) is 0 Å². The van der Waals surface area contributed by atoms with Gasteiger partial charge in [-0.2, -0.15) is 0 Å². The van der Waals surface area contributed by atoms with E-state index in [0.29, 0.717) is 11.7 Å². The van der Waals surface area contributed by atoms with Crippen molar-refractivity contribution in [2.24, 2.45) is 0 Å². The molecule has 0 spiro atoms. The van der Waals surface area contributed by atoms with E-state index in [-0.39, 0.29) is 5.60 Å². The molecule has 1 fully saturated rings. The predicted molar refractivity (Wildman–Crippen MR) is 93.7 cm³/mol. The summed E-state index contributed by atoms with van der Waals surface area (Å²) in [6, 6.07) is 0. The van der Waals surface area contributed by atoms with Crippen molar-refractivity contribution in [3.63, 3.8) is 0 Å². The summed E-state index contributed by atoms with van der Waals surface area (Å²) in [6.07, 6.45) is 0. The fourth-order valence-corrected chi connectivity index (χ4v) is 3.96. The molecule has 2 aliphatic rings. The number of likely N-dealkylation sites (N-methyl/N-ethyl adjacent to an activating group) is 1. The summed E-state index contributed by atoms with van der Waals surface area (Å²) < 4.78 is 6.37. The van der Waals surface area contributed by atoms with E-state index in [1.54, 1.807) is 0 Å². The number of ether oxygens (including phenoxy) is 1. The van der Waals surface area contributed by atoms with Gasteiger partial charge in [-0.25, -0.2) is 0 Å². The van der Waals surface area contributed by atoms with E-state index in [4.69, 9.17) is 4.74 Å². The van der Waals surface area contributed by atoms with Gasteiger partial charge in [0.1, 0.15) is 17.1 Å². The van der Waals surface area contributed by atoms with Crippen LogP contribution in [0, 0.1) is 20.8 Å². The van der Waals surface area contributed by atoms with Crippen LogP contribution >= 0.6 is 0 Å². The van der Waals surface area contributed by atoms with Crippen molar-refractivity contribution >= 4 is 0 Å². The van der Waals surface area contributed by atoms with Crippen molar-refractivity contribution < 1.29 is 9.84 Å². The van der Waals surface area contributed by atoms with Gasteiger partial charge >= 0.3 is 0 Å². The molecule has 0 radical (unpaired) electrons. The molecule has 23 heavy (non-hydrogen) atoms. The first-order chi connectivity index (χ1) is 10.7. The van der Waals surface area contributed by atoms with E-state index < -0.39 is 0 Å². The number of piperazine rings is 1. The van der Waals surface area contributed by atoms with E-state index in [2.05, 4.69) is 37.6 Å². The second kappa shape index (κ2) is 5.67. The largest absolute Gasteiger partial charge is 0.507 e. The van der Waals surface area contributed by atoms with Crippen molar-refractivity contribution in [1.82, 2.24) is 9.80 Å². The topological polar surface area (TPSA) is 35.9 Å². The van der Waals surface area contributed by atoms with Crippen LogP contribution in [0.1, 0.15) is 42.0 Å². The third-order valence-corrected chi connectivity index (χ3v) is 5.85. The molecule has 0 aromatic heterocycles. The van der Waals surface area contributed by atoms with Crippen LogP contribution in [-0.2, 0) is 0 Å². The molecule has 1 saturated heterocycles. The Hall–Kier alpha value is -1.26. The lowest BCUT2D eigenvalue weighted by atomic mass is 9.82. The first-order valence-corrected chi connectivity index (χ1v) is 8.65. The van der Waals surface area contributed by atoms with Crippen LogP contribution in [0.25, 0.3) is 0 Å². The van der Waals surface area contributed by atoms with Gasteiger partial charge in [-0.15, -0.1) is 0 Å². The minimum atomic E-state index is -0.235. The quantitative estimate of drug-likeness (QED) is 0.909. The molecule has 0 bridgehead atoms. The van der Waals surface area contributed by atoms with Crippen LogP contribution in [0.4, 0.5) is 0 Å². The molecule has 2 heterocycles. The summed E-state index contributed by atoms with van der Waals surface area (Å²) in [5.41, 5.74) is 4.00. The van der Waals surface area contributed by atoms with Crippen LogP contribution in [0.3, 0.4) is 0 Å². The van der Waals surface area contributed by atoms with E-state index in [1.807, 2.05) is 13.8 Å². The molecule has 1 N–H and O–H groups in total. The standard InChI is InChI=1S/C19H30N2O2/c1-12-13(2)18-16(14(3)17(12)22)15(19(4,5)23-18)11-21-9-7-20(6)8-10-21/h15,22H,7-11H2,1-6H3. The molecule has 3 rings (SSSR count). The van der Waals surface area contributed by atoms with Gasteiger partial charge in [-0.3, -0.25) is 0 Å². The fourth-order valence-electron chi connectivity index (χ4n) is 3.96. The Balaban J connectivity index is 1.96. The second-order valence-electron chi connectivity index (χ2n) is 7.83. The van der Waals surface area contributed by atoms with Crippen LogP contribution in [-0.4, -0.2) is 60.3 Å². The fraction of sp³-hybridized carbons (Fsp3) is 0.684. The van der Waals surface area contributed by atoms with Crippen LogP contribution in [0.2, 0.25) is 0 Å². The summed E-state index contributed by atoms with van der Waals surface area (Å²) in [6.45, 7) is 15.9. The summed E-state index contributed by atoms with van der Waals surface area (Å²) in [5, 5.41) is 10.5. The molecule has 0 aliphatic carbocycles. The average molecular weight is 318 g/mol. The molecule has 0 saturated carbocycles. The number of phenols is 1. The summed E-state index contributed by atoms with van der Waals surface area (Å²) in [7, 11) is 2.18. The van der Waals surface area contributed by atoms with Crippen LogP contribution < -0.4 is 4.74 Å².